The quantitative estimate of drug-likeness (QED) is 0.765. The molecule has 0 N–H and O–H groups in total. The van der Waals surface area contributed by atoms with E-state index >= 15 is 0 Å². The summed E-state index contributed by atoms with van der Waals surface area (Å²) >= 11 is 1.94. The first-order chi connectivity index (χ1) is 5.49. The van der Waals surface area contributed by atoms with Crippen molar-refractivity contribution in [2.24, 2.45) is 0 Å². The van der Waals surface area contributed by atoms with E-state index in [-0.39, 0.29) is 6.54 Å². The van der Waals surface area contributed by atoms with Gasteiger partial charge in [0.2, 0.25) is 0 Å². The average molecular weight is 290 g/mol. The molecule has 0 fully saturated rings. The third-order valence-corrected chi connectivity index (χ3v) is 2.19. The summed E-state index contributed by atoms with van der Waals surface area (Å²) < 4.78 is 37.3. The topological polar surface area (TPSA) is 17.8 Å². The predicted octanol–water partition coefficient (Wildman–Crippen LogP) is 2.44. The van der Waals surface area contributed by atoms with Crippen molar-refractivity contribution in [1.82, 2.24) is 9.78 Å². The van der Waals surface area contributed by atoms with Crippen molar-refractivity contribution in [1.29, 1.82) is 0 Å². The van der Waals surface area contributed by atoms with E-state index in [0.29, 0.717) is 0 Å². The highest BCUT2D eigenvalue weighted by molar-refractivity contribution is 14.1. The number of halogens is 4. The standard InChI is InChI=1S/C6H6F3IN2/c7-6(8,9)2-4-12-5(10)1-3-11-12/h1,3H,2,4H2. The summed E-state index contributed by atoms with van der Waals surface area (Å²) in [5.41, 5.74) is 0. The zero-order chi connectivity index (χ0) is 9.19. The third kappa shape index (κ3) is 3.00. The molecule has 1 aromatic heterocycles. The highest BCUT2D eigenvalue weighted by atomic mass is 127. The van der Waals surface area contributed by atoms with E-state index in [1.807, 2.05) is 22.6 Å². The van der Waals surface area contributed by atoms with Gasteiger partial charge in [0.25, 0.3) is 0 Å². The monoisotopic (exact) mass is 290 g/mol. The van der Waals surface area contributed by atoms with E-state index in [1.165, 1.54) is 10.9 Å². The molecule has 2 nitrogen and oxygen atoms in total. The Kier molecular flexibility index (Phi) is 2.97. The minimum atomic E-state index is -4.10. The van der Waals surface area contributed by atoms with Gasteiger partial charge in [-0.05, 0) is 28.7 Å². The van der Waals surface area contributed by atoms with Gasteiger partial charge in [-0.3, -0.25) is 4.68 Å². The highest BCUT2D eigenvalue weighted by Gasteiger charge is 2.26. The largest absolute Gasteiger partial charge is 0.390 e. The molecule has 12 heavy (non-hydrogen) atoms. The summed E-state index contributed by atoms with van der Waals surface area (Å²) in [6.07, 6.45) is -3.45. The lowest BCUT2D eigenvalue weighted by Gasteiger charge is -2.06. The second kappa shape index (κ2) is 3.63. The van der Waals surface area contributed by atoms with Crippen molar-refractivity contribution in [2.75, 3.05) is 0 Å². The normalized spacial score (nSPS) is 12.0. The Balaban J connectivity index is 2.49. The van der Waals surface area contributed by atoms with Crippen LogP contribution in [0.15, 0.2) is 12.3 Å². The number of aromatic nitrogens is 2. The van der Waals surface area contributed by atoms with Crippen molar-refractivity contribution in [3.05, 3.63) is 16.0 Å². The summed E-state index contributed by atoms with van der Waals surface area (Å²) in [7, 11) is 0. The van der Waals surface area contributed by atoms with Gasteiger partial charge in [0.05, 0.1) is 22.9 Å². The Labute approximate surface area is 80.9 Å². The Bertz CT molecular complexity index is 256. The van der Waals surface area contributed by atoms with Crippen LogP contribution in [-0.2, 0) is 6.54 Å². The zero-order valence-corrected chi connectivity index (χ0v) is 8.13. The first kappa shape index (κ1) is 9.82. The summed E-state index contributed by atoms with van der Waals surface area (Å²) in [4.78, 5) is 0. The van der Waals surface area contributed by atoms with E-state index in [9.17, 15) is 13.2 Å². The Morgan fingerprint density at radius 3 is 2.58 bits per heavy atom. The van der Waals surface area contributed by atoms with Gasteiger partial charge >= 0.3 is 6.18 Å². The van der Waals surface area contributed by atoms with Gasteiger partial charge in [0, 0.05) is 0 Å². The highest BCUT2D eigenvalue weighted by Crippen LogP contribution is 2.20. The van der Waals surface area contributed by atoms with Crippen LogP contribution in [0.25, 0.3) is 0 Å². The van der Waals surface area contributed by atoms with E-state index in [0.717, 1.165) is 3.70 Å². The molecule has 68 valence electrons. The third-order valence-electron chi connectivity index (χ3n) is 1.27. The van der Waals surface area contributed by atoms with Gasteiger partial charge in [-0.1, -0.05) is 0 Å². The van der Waals surface area contributed by atoms with Gasteiger partial charge in [-0.2, -0.15) is 18.3 Å². The number of aryl methyl sites for hydroxylation is 1. The van der Waals surface area contributed by atoms with Crippen molar-refractivity contribution < 1.29 is 13.2 Å². The molecule has 0 amide bonds. The minimum absolute atomic E-state index is 0.102. The molecule has 0 atom stereocenters. The molecular formula is C6H6F3IN2. The number of rotatable bonds is 2. The molecule has 0 bridgehead atoms. The second-order valence-electron chi connectivity index (χ2n) is 2.24. The summed E-state index contributed by atoms with van der Waals surface area (Å²) in [6.45, 7) is -0.102. The zero-order valence-electron chi connectivity index (χ0n) is 5.98. The van der Waals surface area contributed by atoms with Crippen molar-refractivity contribution in [3.8, 4) is 0 Å². The molecule has 0 aromatic carbocycles. The Morgan fingerprint density at radius 2 is 2.17 bits per heavy atom. The fourth-order valence-corrected chi connectivity index (χ4v) is 1.24. The predicted molar refractivity (Wildman–Crippen MR) is 45.6 cm³/mol. The molecule has 0 saturated carbocycles. The maximum Gasteiger partial charge on any atom is 0.390 e. The van der Waals surface area contributed by atoms with Gasteiger partial charge in [0.1, 0.15) is 0 Å². The minimum Gasteiger partial charge on any atom is -0.259 e. The molecule has 0 aliphatic carbocycles. The van der Waals surface area contributed by atoms with Gasteiger partial charge in [-0.25, -0.2) is 0 Å². The molecular weight excluding hydrogens is 284 g/mol. The lowest BCUT2D eigenvalue weighted by molar-refractivity contribution is -0.137. The van der Waals surface area contributed by atoms with Crippen LogP contribution in [0.4, 0.5) is 13.2 Å². The second-order valence-corrected chi connectivity index (χ2v) is 3.35. The number of alkyl halides is 3. The fourth-order valence-electron chi connectivity index (χ4n) is 0.714. The molecule has 0 aliphatic rings. The molecule has 1 rings (SSSR count). The molecule has 1 heterocycles. The van der Waals surface area contributed by atoms with Crippen molar-refractivity contribution in [3.63, 3.8) is 0 Å². The maximum atomic E-state index is 11.7. The molecule has 0 saturated heterocycles. The molecule has 0 unspecified atom stereocenters. The van der Waals surface area contributed by atoms with Crippen LogP contribution in [0.5, 0.6) is 0 Å². The van der Waals surface area contributed by atoms with Crippen molar-refractivity contribution >= 4 is 22.6 Å². The molecule has 6 heteroatoms. The van der Waals surface area contributed by atoms with Crippen LogP contribution in [-0.4, -0.2) is 16.0 Å². The van der Waals surface area contributed by atoms with Crippen LogP contribution < -0.4 is 0 Å². The van der Waals surface area contributed by atoms with Crippen LogP contribution >= 0.6 is 22.6 Å². The summed E-state index contributed by atoms with van der Waals surface area (Å²) in [6, 6.07) is 1.66. The van der Waals surface area contributed by atoms with E-state index in [4.69, 9.17) is 0 Å². The summed E-state index contributed by atoms with van der Waals surface area (Å²) in [5, 5.41) is 3.73. The smallest absolute Gasteiger partial charge is 0.259 e. The maximum absolute atomic E-state index is 11.7. The number of hydrogen-bond acceptors (Lipinski definition) is 1. The van der Waals surface area contributed by atoms with Crippen LogP contribution in [0.3, 0.4) is 0 Å². The van der Waals surface area contributed by atoms with Gasteiger partial charge in [-0.15, -0.1) is 0 Å². The molecule has 1 aromatic rings. The van der Waals surface area contributed by atoms with Gasteiger partial charge in [0.15, 0.2) is 0 Å². The first-order valence-electron chi connectivity index (χ1n) is 3.23. The number of nitrogens with zero attached hydrogens (tertiary/aromatic N) is 2. The first-order valence-corrected chi connectivity index (χ1v) is 4.31. The van der Waals surface area contributed by atoms with E-state index in [1.54, 1.807) is 6.07 Å². The Hall–Kier alpha value is -0.270. The molecule has 0 radical (unpaired) electrons. The molecule has 0 aliphatic heterocycles. The average Bonchev–Trinajstić information content (AvgIpc) is 2.29. The van der Waals surface area contributed by atoms with Gasteiger partial charge < -0.3 is 0 Å². The summed E-state index contributed by atoms with van der Waals surface area (Å²) in [5.74, 6) is 0. The SMILES string of the molecule is FC(F)(F)CCn1nccc1I. The number of hydrogen-bond donors (Lipinski definition) is 0. The molecule has 0 spiro atoms. The van der Waals surface area contributed by atoms with E-state index < -0.39 is 12.6 Å². The Morgan fingerprint density at radius 1 is 1.50 bits per heavy atom. The fraction of sp³-hybridized carbons (Fsp3) is 0.500. The van der Waals surface area contributed by atoms with Crippen LogP contribution in [0.1, 0.15) is 6.42 Å². The lowest BCUT2D eigenvalue weighted by Crippen LogP contribution is -2.13. The van der Waals surface area contributed by atoms with Crippen molar-refractivity contribution in [2.45, 2.75) is 19.1 Å². The van der Waals surface area contributed by atoms with Crippen LogP contribution in [0, 0.1) is 3.70 Å². The van der Waals surface area contributed by atoms with E-state index in [2.05, 4.69) is 5.10 Å². The van der Waals surface area contributed by atoms with Crippen LogP contribution in [0.2, 0.25) is 0 Å². The lowest BCUT2D eigenvalue weighted by atomic mass is 10.4.